The molecule has 0 unspecified atom stereocenters. The standard InChI is InChI=1S/C13H10F3NO3S/c14-9-5-11(15)13(12(16)6-9)21(19,20)17-7-8-2-1-3-10(18)4-8/h1-6,17-18H,7H2. The summed E-state index contributed by atoms with van der Waals surface area (Å²) in [5.41, 5.74) is 0.390. The average molecular weight is 317 g/mol. The number of nitrogens with one attached hydrogen (secondary N) is 1. The Morgan fingerprint density at radius 2 is 1.67 bits per heavy atom. The molecule has 0 radical (unpaired) electrons. The first-order chi connectivity index (χ1) is 9.79. The van der Waals surface area contributed by atoms with Crippen LogP contribution in [0.4, 0.5) is 13.2 Å². The van der Waals surface area contributed by atoms with Crippen molar-refractivity contribution in [1.82, 2.24) is 4.72 Å². The van der Waals surface area contributed by atoms with Gasteiger partial charge in [-0.15, -0.1) is 0 Å². The van der Waals surface area contributed by atoms with E-state index in [4.69, 9.17) is 0 Å². The molecule has 2 aromatic carbocycles. The Morgan fingerprint density at radius 3 is 2.24 bits per heavy atom. The summed E-state index contributed by atoms with van der Waals surface area (Å²) in [7, 11) is -4.50. The third-order valence-corrected chi connectivity index (χ3v) is 4.06. The second kappa shape index (κ2) is 5.74. The van der Waals surface area contributed by atoms with Crippen LogP contribution in [0.25, 0.3) is 0 Å². The van der Waals surface area contributed by atoms with E-state index >= 15 is 0 Å². The highest BCUT2D eigenvalue weighted by Gasteiger charge is 2.24. The predicted molar refractivity (Wildman–Crippen MR) is 68.4 cm³/mol. The first-order valence-corrected chi connectivity index (χ1v) is 7.20. The Kier molecular flexibility index (Phi) is 4.19. The molecule has 8 heteroatoms. The van der Waals surface area contributed by atoms with E-state index in [9.17, 15) is 26.7 Å². The summed E-state index contributed by atoms with van der Waals surface area (Å²) < 4.78 is 65.4. The highest BCUT2D eigenvalue weighted by Crippen LogP contribution is 2.20. The van der Waals surface area contributed by atoms with Crippen molar-refractivity contribution in [1.29, 1.82) is 0 Å². The molecule has 0 aliphatic heterocycles. The fourth-order valence-corrected chi connectivity index (χ4v) is 2.83. The van der Waals surface area contributed by atoms with E-state index in [0.29, 0.717) is 5.56 Å². The van der Waals surface area contributed by atoms with Crippen LogP contribution in [-0.2, 0) is 16.6 Å². The molecule has 112 valence electrons. The first kappa shape index (κ1) is 15.3. The number of hydrogen-bond acceptors (Lipinski definition) is 3. The predicted octanol–water partition coefficient (Wildman–Crippen LogP) is 2.29. The molecular weight excluding hydrogens is 307 g/mol. The van der Waals surface area contributed by atoms with Gasteiger partial charge in [0, 0.05) is 18.7 Å². The summed E-state index contributed by atoms with van der Waals surface area (Å²) in [5, 5.41) is 9.24. The molecule has 4 nitrogen and oxygen atoms in total. The topological polar surface area (TPSA) is 66.4 Å². The summed E-state index contributed by atoms with van der Waals surface area (Å²) in [5.74, 6) is -4.32. The fraction of sp³-hybridized carbons (Fsp3) is 0.0769. The van der Waals surface area contributed by atoms with Crippen LogP contribution < -0.4 is 4.72 Å². The van der Waals surface area contributed by atoms with Gasteiger partial charge in [-0.3, -0.25) is 0 Å². The molecule has 0 atom stereocenters. The number of sulfonamides is 1. The lowest BCUT2D eigenvalue weighted by Gasteiger charge is -2.09. The monoisotopic (exact) mass is 317 g/mol. The van der Waals surface area contributed by atoms with Gasteiger partial charge in [0.25, 0.3) is 0 Å². The molecule has 0 amide bonds. The van der Waals surface area contributed by atoms with Crippen LogP contribution in [-0.4, -0.2) is 13.5 Å². The molecule has 0 heterocycles. The van der Waals surface area contributed by atoms with Crippen molar-refractivity contribution in [2.45, 2.75) is 11.4 Å². The zero-order chi connectivity index (χ0) is 15.6. The molecule has 0 fully saturated rings. The number of rotatable bonds is 4. The fourth-order valence-electron chi connectivity index (χ4n) is 1.70. The number of halogens is 3. The van der Waals surface area contributed by atoms with Crippen LogP contribution in [0.15, 0.2) is 41.3 Å². The lowest BCUT2D eigenvalue weighted by molar-refractivity contribution is 0.474. The number of phenols is 1. The van der Waals surface area contributed by atoms with E-state index in [2.05, 4.69) is 0 Å². The molecule has 0 spiro atoms. The van der Waals surface area contributed by atoms with E-state index in [0.717, 1.165) is 0 Å². The number of hydrogen-bond donors (Lipinski definition) is 2. The molecule has 0 aliphatic carbocycles. The van der Waals surface area contributed by atoms with Gasteiger partial charge in [0.2, 0.25) is 10.0 Å². The van der Waals surface area contributed by atoms with Gasteiger partial charge in [0.05, 0.1) is 0 Å². The smallest absolute Gasteiger partial charge is 0.246 e. The minimum Gasteiger partial charge on any atom is -0.508 e. The quantitative estimate of drug-likeness (QED) is 0.909. The molecule has 2 aromatic rings. The molecule has 2 rings (SSSR count). The molecule has 0 saturated carbocycles. The molecule has 2 N–H and O–H groups in total. The van der Waals surface area contributed by atoms with Crippen LogP contribution in [0.2, 0.25) is 0 Å². The Bertz CT molecular complexity index is 755. The Morgan fingerprint density at radius 1 is 1.05 bits per heavy atom. The normalized spacial score (nSPS) is 11.6. The summed E-state index contributed by atoms with van der Waals surface area (Å²) in [4.78, 5) is -1.25. The van der Waals surface area contributed by atoms with Crippen molar-refractivity contribution in [3.8, 4) is 5.75 Å². The second-order valence-corrected chi connectivity index (χ2v) is 5.90. The van der Waals surface area contributed by atoms with Crippen molar-refractivity contribution in [2.24, 2.45) is 0 Å². The minimum atomic E-state index is -4.50. The second-order valence-electron chi connectivity index (χ2n) is 4.19. The van der Waals surface area contributed by atoms with E-state index in [-0.39, 0.29) is 24.4 Å². The van der Waals surface area contributed by atoms with Crippen molar-refractivity contribution < 1.29 is 26.7 Å². The van der Waals surface area contributed by atoms with Crippen molar-refractivity contribution >= 4 is 10.0 Å². The average Bonchev–Trinajstić information content (AvgIpc) is 2.35. The van der Waals surface area contributed by atoms with Crippen molar-refractivity contribution in [3.63, 3.8) is 0 Å². The number of phenolic OH excluding ortho intramolecular Hbond substituents is 1. The first-order valence-electron chi connectivity index (χ1n) is 5.72. The van der Waals surface area contributed by atoms with Gasteiger partial charge in [-0.05, 0) is 17.7 Å². The van der Waals surface area contributed by atoms with Gasteiger partial charge < -0.3 is 5.11 Å². The SMILES string of the molecule is O=S(=O)(NCc1cccc(O)c1)c1c(F)cc(F)cc1F. The van der Waals surface area contributed by atoms with E-state index in [1.165, 1.54) is 24.3 Å². The molecule has 0 saturated heterocycles. The van der Waals surface area contributed by atoms with Gasteiger partial charge in [-0.25, -0.2) is 26.3 Å². The third-order valence-electron chi connectivity index (χ3n) is 2.61. The van der Waals surface area contributed by atoms with Crippen LogP contribution in [0.1, 0.15) is 5.56 Å². The van der Waals surface area contributed by atoms with Gasteiger partial charge in [-0.1, -0.05) is 12.1 Å². The third kappa shape index (κ3) is 3.53. The van der Waals surface area contributed by atoms with E-state index in [1.54, 1.807) is 0 Å². The largest absolute Gasteiger partial charge is 0.508 e. The highest BCUT2D eigenvalue weighted by atomic mass is 32.2. The molecule has 0 aromatic heterocycles. The molecule has 0 aliphatic rings. The maximum Gasteiger partial charge on any atom is 0.246 e. The van der Waals surface area contributed by atoms with Crippen LogP contribution >= 0.6 is 0 Å². The molecule has 21 heavy (non-hydrogen) atoms. The zero-order valence-corrected chi connectivity index (χ0v) is 11.3. The van der Waals surface area contributed by atoms with E-state index in [1.807, 2.05) is 4.72 Å². The summed E-state index contributed by atoms with van der Waals surface area (Å²) in [6, 6.07) is 6.24. The minimum absolute atomic E-state index is 0.0779. The highest BCUT2D eigenvalue weighted by molar-refractivity contribution is 7.89. The summed E-state index contributed by atoms with van der Waals surface area (Å²) >= 11 is 0. The Balaban J connectivity index is 2.27. The maximum absolute atomic E-state index is 13.5. The van der Waals surface area contributed by atoms with Gasteiger partial charge in [0.1, 0.15) is 23.2 Å². The molecular formula is C13H10F3NO3S. The Hall–Kier alpha value is -2.06. The molecule has 0 bridgehead atoms. The van der Waals surface area contributed by atoms with E-state index < -0.39 is 32.4 Å². The lowest BCUT2D eigenvalue weighted by atomic mass is 10.2. The van der Waals surface area contributed by atoms with Crippen molar-refractivity contribution in [3.05, 3.63) is 59.4 Å². The van der Waals surface area contributed by atoms with Crippen LogP contribution in [0.5, 0.6) is 5.75 Å². The Labute approximate surface area is 118 Å². The number of aromatic hydroxyl groups is 1. The van der Waals surface area contributed by atoms with Gasteiger partial charge in [-0.2, -0.15) is 0 Å². The van der Waals surface area contributed by atoms with Gasteiger partial charge >= 0.3 is 0 Å². The zero-order valence-electron chi connectivity index (χ0n) is 10.5. The summed E-state index contributed by atoms with van der Waals surface area (Å²) in [6.07, 6.45) is 0. The van der Waals surface area contributed by atoms with Crippen molar-refractivity contribution in [2.75, 3.05) is 0 Å². The summed E-state index contributed by atoms with van der Waals surface area (Å²) in [6.45, 7) is -0.285. The lowest BCUT2D eigenvalue weighted by Crippen LogP contribution is -2.25. The maximum atomic E-state index is 13.5. The van der Waals surface area contributed by atoms with Gasteiger partial charge in [0.15, 0.2) is 4.90 Å². The van der Waals surface area contributed by atoms with Crippen LogP contribution in [0.3, 0.4) is 0 Å². The number of benzene rings is 2. The van der Waals surface area contributed by atoms with Crippen LogP contribution in [0, 0.1) is 17.5 Å².